The first kappa shape index (κ1) is 13.1. The van der Waals surface area contributed by atoms with Gasteiger partial charge in [0.1, 0.15) is 0 Å². The molecule has 3 N–H and O–H groups in total. The lowest BCUT2D eigenvalue weighted by Gasteiger charge is -2.28. The molecular weight excluding hydrogens is 272 g/mol. The maximum absolute atomic E-state index is 11.9. The Bertz CT molecular complexity index is 612. The number of fused-ring (bicyclic) bond motifs is 1. The maximum atomic E-state index is 11.9. The van der Waals surface area contributed by atoms with Crippen LogP contribution in [0.3, 0.4) is 0 Å². The number of carbonyl (C=O) groups is 1. The average Bonchev–Trinajstić information content (AvgIpc) is 2.91. The van der Waals surface area contributed by atoms with Gasteiger partial charge in [0.25, 0.3) is 0 Å². The van der Waals surface area contributed by atoms with Crippen molar-refractivity contribution in [3.63, 3.8) is 0 Å². The van der Waals surface area contributed by atoms with E-state index >= 15 is 0 Å². The fraction of sp³-hybridized carbons (Fsp3) is 0.286. The number of hydrogen-bond acceptors (Lipinski definition) is 5. The first-order valence-corrected chi connectivity index (χ1v) is 7.38. The minimum absolute atomic E-state index is 0.0210. The van der Waals surface area contributed by atoms with Crippen LogP contribution in [0, 0.1) is 0 Å². The highest BCUT2D eigenvalue weighted by Crippen LogP contribution is 2.23. The molecule has 0 saturated heterocycles. The molecule has 3 rings (SSSR count). The van der Waals surface area contributed by atoms with E-state index < -0.39 is 0 Å². The molecule has 0 atom stereocenters. The second-order valence-corrected chi connectivity index (χ2v) is 5.73. The third kappa shape index (κ3) is 2.81. The number of benzene rings is 1. The summed E-state index contributed by atoms with van der Waals surface area (Å²) in [5.41, 5.74) is 9.28. The normalized spacial score (nSPS) is 14.8. The van der Waals surface area contributed by atoms with Crippen molar-refractivity contribution < 1.29 is 4.79 Å². The van der Waals surface area contributed by atoms with Crippen molar-refractivity contribution >= 4 is 28.1 Å². The number of amides is 1. The number of nitrogens with zero attached hydrogens (tertiary/aromatic N) is 2. The van der Waals surface area contributed by atoms with Gasteiger partial charge in [-0.1, -0.05) is 12.1 Å². The van der Waals surface area contributed by atoms with Gasteiger partial charge in [-0.05, 0) is 23.6 Å². The molecule has 0 bridgehead atoms. The summed E-state index contributed by atoms with van der Waals surface area (Å²) in [5.74, 6) is -0.0210. The van der Waals surface area contributed by atoms with Gasteiger partial charge in [0.05, 0.1) is 6.54 Å². The predicted octanol–water partition coefficient (Wildman–Crippen LogP) is 1.72. The second-order valence-electron chi connectivity index (χ2n) is 4.83. The minimum atomic E-state index is -0.0210. The third-order valence-electron chi connectivity index (χ3n) is 3.43. The molecule has 1 aromatic heterocycles. The first-order chi connectivity index (χ1) is 9.72. The Hall–Kier alpha value is -1.92. The topological polar surface area (TPSA) is 71.2 Å². The van der Waals surface area contributed by atoms with Gasteiger partial charge in [-0.2, -0.15) is 0 Å². The summed E-state index contributed by atoms with van der Waals surface area (Å²) in [5, 5.41) is 5.30. The van der Waals surface area contributed by atoms with Gasteiger partial charge >= 0.3 is 0 Å². The number of anilines is 2. The maximum Gasteiger partial charge on any atom is 0.240 e. The summed E-state index contributed by atoms with van der Waals surface area (Å²) in [7, 11) is 0. The molecule has 0 saturated carbocycles. The van der Waals surface area contributed by atoms with E-state index in [1.165, 1.54) is 22.5 Å². The Morgan fingerprint density at radius 2 is 2.40 bits per heavy atom. The molecule has 2 aromatic rings. The number of rotatable bonds is 3. The van der Waals surface area contributed by atoms with Crippen molar-refractivity contribution in [1.29, 1.82) is 0 Å². The Morgan fingerprint density at radius 3 is 3.20 bits per heavy atom. The number of nitrogen functional groups attached to an aromatic ring is 1. The summed E-state index contributed by atoms with van der Waals surface area (Å²) in [6.07, 6.45) is 2.58. The van der Waals surface area contributed by atoms with E-state index in [-0.39, 0.29) is 5.91 Å². The molecule has 0 radical (unpaired) electrons. The van der Waals surface area contributed by atoms with E-state index in [0.29, 0.717) is 11.7 Å². The zero-order valence-corrected chi connectivity index (χ0v) is 11.8. The van der Waals surface area contributed by atoms with Crippen molar-refractivity contribution in [1.82, 2.24) is 9.88 Å². The van der Waals surface area contributed by atoms with Gasteiger partial charge in [-0.3, -0.25) is 9.69 Å². The fourth-order valence-electron chi connectivity index (χ4n) is 2.48. The Morgan fingerprint density at radius 1 is 1.50 bits per heavy atom. The summed E-state index contributed by atoms with van der Waals surface area (Å²) >= 11 is 1.43. The van der Waals surface area contributed by atoms with Crippen molar-refractivity contribution in [2.24, 2.45) is 0 Å². The third-order valence-corrected chi connectivity index (χ3v) is 4.12. The van der Waals surface area contributed by atoms with Gasteiger partial charge in [-0.25, -0.2) is 4.98 Å². The highest BCUT2D eigenvalue weighted by molar-refractivity contribution is 7.13. The molecule has 2 heterocycles. The zero-order valence-electron chi connectivity index (χ0n) is 11.0. The highest BCUT2D eigenvalue weighted by Gasteiger charge is 2.19. The molecule has 1 aliphatic heterocycles. The molecule has 20 heavy (non-hydrogen) atoms. The molecule has 1 aromatic carbocycles. The number of nitrogens with two attached hydrogens (primary N) is 1. The smallest absolute Gasteiger partial charge is 0.240 e. The van der Waals surface area contributed by atoms with Crippen LogP contribution in [0.4, 0.5) is 10.8 Å². The van der Waals surface area contributed by atoms with Crippen LogP contribution in [0.2, 0.25) is 0 Å². The number of thiazole rings is 1. The van der Waals surface area contributed by atoms with E-state index in [2.05, 4.69) is 21.3 Å². The van der Waals surface area contributed by atoms with Crippen molar-refractivity contribution in [3.05, 3.63) is 40.9 Å². The van der Waals surface area contributed by atoms with Crippen LogP contribution in [0.25, 0.3) is 0 Å². The van der Waals surface area contributed by atoms with E-state index in [9.17, 15) is 4.79 Å². The van der Waals surface area contributed by atoms with Crippen LogP contribution in [0.5, 0.6) is 0 Å². The summed E-state index contributed by atoms with van der Waals surface area (Å²) in [4.78, 5) is 18.1. The summed E-state index contributed by atoms with van der Waals surface area (Å²) in [6.45, 7) is 2.01. The lowest BCUT2D eigenvalue weighted by Crippen LogP contribution is -2.37. The zero-order chi connectivity index (χ0) is 13.9. The first-order valence-electron chi connectivity index (χ1n) is 6.50. The molecule has 5 nitrogen and oxygen atoms in total. The van der Waals surface area contributed by atoms with Crippen LogP contribution in [0.15, 0.2) is 29.8 Å². The van der Waals surface area contributed by atoms with Crippen LogP contribution in [0.1, 0.15) is 11.1 Å². The van der Waals surface area contributed by atoms with Gasteiger partial charge in [0.2, 0.25) is 5.91 Å². The van der Waals surface area contributed by atoms with E-state index in [0.717, 1.165) is 25.2 Å². The molecule has 0 fully saturated rings. The lowest BCUT2D eigenvalue weighted by atomic mass is 9.98. The van der Waals surface area contributed by atoms with E-state index in [1.54, 1.807) is 6.20 Å². The number of hydrogen-bond donors (Lipinski definition) is 2. The molecule has 104 valence electrons. The van der Waals surface area contributed by atoms with Gasteiger partial charge < -0.3 is 11.1 Å². The molecule has 0 spiro atoms. The standard InChI is InChI=1S/C14H16N4OS/c15-12-3-1-2-10-8-18(6-4-11(10)12)9-13(19)17-14-16-5-7-20-14/h1-3,5,7H,4,6,8-9,15H2,(H,16,17,19). The molecule has 6 heteroatoms. The molecule has 1 aliphatic rings. The summed E-state index contributed by atoms with van der Waals surface area (Å²) in [6, 6.07) is 5.98. The van der Waals surface area contributed by atoms with Crippen LogP contribution >= 0.6 is 11.3 Å². The number of aromatic nitrogens is 1. The number of nitrogens with one attached hydrogen (secondary N) is 1. The Kier molecular flexibility index (Phi) is 3.66. The Labute approximate surface area is 121 Å². The van der Waals surface area contributed by atoms with Gasteiger partial charge in [0, 0.05) is 30.4 Å². The molecule has 1 amide bonds. The number of carbonyl (C=O) groups excluding carboxylic acids is 1. The molecule has 0 unspecified atom stereocenters. The van der Waals surface area contributed by atoms with E-state index in [1.807, 2.05) is 17.5 Å². The average molecular weight is 288 g/mol. The second kappa shape index (κ2) is 5.60. The van der Waals surface area contributed by atoms with Crippen LogP contribution in [-0.4, -0.2) is 28.9 Å². The predicted molar refractivity (Wildman–Crippen MR) is 80.6 cm³/mol. The lowest BCUT2D eigenvalue weighted by molar-refractivity contribution is -0.117. The highest BCUT2D eigenvalue weighted by atomic mass is 32.1. The van der Waals surface area contributed by atoms with Crippen molar-refractivity contribution in [2.75, 3.05) is 24.1 Å². The van der Waals surface area contributed by atoms with Crippen molar-refractivity contribution in [3.8, 4) is 0 Å². The Balaban J connectivity index is 1.61. The fourth-order valence-corrected chi connectivity index (χ4v) is 3.02. The monoisotopic (exact) mass is 288 g/mol. The minimum Gasteiger partial charge on any atom is -0.398 e. The largest absolute Gasteiger partial charge is 0.398 e. The summed E-state index contributed by atoms with van der Waals surface area (Å²) < 4.78 is 0. The van der Waals surface area contributed by atoms with Crippen molar-refractivity contribution in [2.45, 2.75) is 13.0 Å². The molecular formula is C14H16N4OS. The SMILES string of the molecule is Nc1cccc2c1CCN(CC(=O)Nc1nccs1)C2. The van der Waals surface area contributed by atoms with Crippen LogP contribution < -0.4 is 11.1 Å². The van der Waals surface area contributed by atoms with Gasteiger partial charge in [-0.15, -0.1) is 11.3 Å². The molecule has 0 aliphatic carbocycles. The van der Waals surface area contributed by atoms with E-state index in [4.69, 9.17) is 5.73 Å². The van der Waals surface area contributed by atoms with Gasteiger partial charge in [0.15, 0.2) is 5.13 Å². The van der Waals surface area contributed by atoms with Crippen LogP contribution in [-0.2, 0) is 17.8 Å². The quantitative estimate of drug-likeness (QED) is 0.844.